The van der Waals surface area contributed by atoms with Gasteiger partial charge in [0.05, 0.1) is 5.60 Å². The molecule has 0 atom stereocenters. The second-order valence-electron chi connectivity index (χ2n) is 3.87. The van der Waals surface area contributed by atoms with Crippen LogP contribution in [0, 0.1) is 0 Å². The highest BCUT2D eigenvalue weighted by Gasteiger charge is 2.44. The van der Waals surface area contributed by atoms with E-state index in [1.807, 2.05) is 0 Å². The van der Waals surface area contributed by atoms with Gasteiger partial charge < -0.3 is 15.1 Å². The van der Waals surface area contributed by atoms with E-state index >= 15 is 0 Å². The molecule has 0 fully saturated rings. The average Bonchev–Trinajstić information content (AvgIpc) is 1.96. The molecule has 8 heteroatoms. The summed E-state index contributed by atoms with van der Waals surface area (Å²) >= 11 is 0. The summed E-state index contributed by atoms with van der Waals surface area (Å²) < 4.78 is 36.2. The molecule has 0 saturated heterocycles. The lowest BCUT2D eigenvalue weighted by molar-refractivity contribution is -0.189. The van der Waals surface area contributed by atoms with Gasteiger partial charge in [-0.05, 0) is 13.8 Å². The number of nitrogens with zero attached hydrogens (tertiary/aromatic N) is 1. The number of carbonyl (C=O) groups excluding carboxylic acids is 1. The second kappa shape index (κ2) is 4.69. The molecule has 0 aromatic rings. The molecule has 0 aliphatic heterocycles. The number of aliphatic carboxylic acids is 1. The van der Waals surface area contributed by atoms with Crippen molar-refractivity contribution in [1.29, 1.82) is 0 Å². The third kappa shape index (κ3) is 5.54. The van der Waals surface area contributed by atoms with Gasteiger partial charge in [0, 0.05) is 6.54 Å². The predicted molar refractivity (Wildman–Crippen MR) is 46.6 cm³/mol. The van der Waals surface area contributed by atoms with Gasteiger partial charge >= 0.3 is 18.1 Å². The van der Waals surface area contributed by atoms with Crippen molar-refractivity contribution in [2.45, 2.75) is 25.6 Å². The van der Waals surface area contributed by atoms with Crippen molar-refractivity contribution in [2.24, 2.45) is 0 Å². The van der Waals surface area contributed by atoms with Crippen molar-refractivity contribution in [3.8, 4) is 0 Å². The van der Waals surface area contributed by atoms with E-state index in [0.717, 1.165) is 0 Å². The van der Waals surface area contributed by atoms with Gasteiger partial charge in [0.15, 0.2) is 0 Å². The Kier molecular flexibility index (Phi) is 4.30. The molecule has 0 aliphatic carbocycles. The topological polar surface area (TPSA) is 77.8 Å². The van der Waals surface area contributed by atoms with Crippen molar-refractivity contribution < 1.29 is 33.0 Å². The van der Waals surface area contributed by atoms with E-state index in [4.69, 9.17) is 5.11 Å². The van der Waals surface area contributed by atoms with Crippen LogP contribution >= 0.6 is 0 Å². The fourth-order valence-corrected chi connectivity index (χ4v) is 1.01. The van der Waals surface area contributed by atoms with Gasteiger partial charge in [0.2, 0.25) is 0 Å². The van der Waals surface area contributed by atoms with Gasteiger partial charge in [-0.1, -0.05) is 0 Å². The number of carbonyl (C=O) groups is 2. The summed E-state index contributed by atoms with van der Waals surface area (Å²) in [6.07, 6.45) is -5.15. The molecule has 1 amide bonds. The first-order chi connectivity index (χ1) is 6.93. The number of carboxylic acids is 1. The standard InChI is InChI=1S/C8H12F3NO4/c1-7(2,16)4-12(3-5(13)14)6(15)8(9,10)11/h16H,3-4H2,1-2H3,(H,13,14). The minimum atomic E-state index is -5.15. The molecule has 0 saturated carbocycles. The molecule has 0 spiro atoms. The van der Waals surface area contributed by atoms with Gasteiger partial charge in [-0.2, -0.15) is 13.2 Å². The van der Waals surface area contributed by atoms with E-state index in [0.29, 0.717) is 0 Å². The molecule has 0 aromatic carbocycles. The lowest BCUT2D eigenvalue weighted by atomic mass is 10.1. The molecule has 0 radical (unpaired) electrons. The zero-order valence-electron chi connectivity index (χ0n) is 8.71. The fraction of sp³-hybridized carbons (Fsp3) is 0.750. The Hall–Kier alpha value is -1.31. The lowest BCUT2D eigenvalue weighted by Gasteiger charge is -2.28. The van der Waals surface area contributed by atoms with Crippen molar-refractivity contribution in [1.82, 2.24) is 4.90 Å². The third-order valence-corrected chi connectivity index (χ3v) is 1.43. The summed E-state index contributed by atoms with van der Waals surface area (Å²) in [5.41, 5.74) is -1.60. The molecular formula is C8H12F3NO4. The Morgan fingerprint density at radius 1 is 1.25 bits per heavy atom. The van der Waals surface area contributed by atoms with E-state index in [2.05, 4.69) is 0 Å². The zero-order chi connectivity index (χ0) is 13.1. The quantitative estimate of drug-likeness (QED) is 0.741. The number of hydrogen-bond donors (Lipinski definition) is 2. The van der Waals surface area contributed by atoms with Crippen LogP contribution in [0.25, 0.3) is 0 Å². The van der Waals surface area contributed by atoms with Crippen LogP contribution in [0.15, 0.2) is 0 Å². The van der Waals surface area contributed by atoms with Crippen molar-refractivity contribution >= 4 is 11.9 Å². The Morgan fingerprint density at radius 2 is 1.69 bits per heavy atom. The summed E-state index contributed by atoms with van der Waals surface area (Å²) in [6, 6.07) is 0. The van der Waals surface area contributed by atoms with Crippen LogP contribution in [0.4, 0.5) is 13.2 Å². The van der Waals surface area contributed by atoms with E-state index in [1.165, 1.54) is 13.8 Å². The Bertz CT molecular complexity index is 282. The van der Waals surface area contributed by atoms with Crippen LogP contribution in [0.1, 0.15) is 13.8 Å². The highest BCUT2D eigenvalue weighted by molar-refractivity contribution is 5.85. The average molecular weight is 243 g/mol. The summed E-state index contributed by atoms with van der Waals surface area (Å²) in [4.78, 5) is 21.1. The SMILES string of the molecule is CC(C)(O)CN(CC(=O)O)C(=O)C(F)(F)F. The number of hydrogen-bond acceptors (Lipinski definition) is 3. The fourth-order valence-electron chi connectivity index (χ4n) is 1.01. The van der Waals surface area contributed by atoms with Gasteiger partial charge in [0.1, 0.15) is 6.54 Å². The molecule has 0 aliphatic rings. The molecular weight excluding hydrogens is 231 g/mol. The summed E-state index contributed by atoms with van der Waals surface area (Å²) in [5.74, 6) is -3.86. The van der Waals surface area contributed by atoms with Crippen molar-refractivity contribution in [3.05, 3.63) is 0 Å². The maximum Gasteiger partial charge on any atom is 0.471 e. The molecule has 0 rings (SSSR count). The molecule has 2 N–H and O–H groups in total. The van der Waals surface area contributed by atoms with Crippen LogP contribution in [0.2, 0.25) is 0 Å². The largest absolute Gasteiger partial charge is 0.480 e. The van der Waals surface area contributed by atoms with Crippen LogP contribution in [-0.4, -0.2) is 51.9 Å². The minimum Gasteiger partial charge on any atom is -0.480 e. The summed E-state index contributed by atoms with van der Waals surface area (Å²) in [6.45, 7) is 0.525. The third-order valence-electron chi connectivity index (χ3n) is 1.43. The van der Waals surface area contributed by atoms with E-state index in [9.17, 15) is 27.9 Å². The normalized spacial score (nSPS) is 12.4. The molecule has 5 nitrogen and oxygen atoms in total. The highest BCUT2D eigenvalue weighted by atomic mass is 19.4. The minimum absolute atomic E-state index is 0.0440. The number of alkyl halides is 3. The molecule has 94 valence electrons. The Labute approximate surface area is 89.5 Å². The first-order valence-corrected chi connectivity index (χ1v) is 4.24. The summed E-state index contributed by atoms with van der Waals surface area (Å²) in [5, 5.41) is 17.6. The van der Waals surface area contributed by atoms with Crippen molar-refractivity contribution in [3.63, 3.8) is 0 Å². The Morgan fingerprint density at radius 3 is 1.94 bits per heavy atom. The lowest BCUT2D eigenvalue weighted by Crippen LogP contribution is -2.49. The van der Waals surface area contributed by atoms with E-state index in [-0.39, 0.29) is 4.90 Å². The Balaban J connectivity index is 4.81. The number of rotatable bonds is 4. The smallest absolute Gasteiger partial charge is 0.471 e. The van der Waals surface area contributed by atoms with E-state index < -0.39 is 36.7 Å². The predicted octanol–water partition coefficient (Wildman–Crippen LogP) is 0.233. The number of aliphatic hydroxyl groups is 1. The maximum atomic E-state index is 12.1. The van der Waals surface area contributed by atoms with Crippen LogP contribution < -0.4 is 0 Å². The van der Waals surface area contributed by atoms with Gasteiger partial charge in [-0.25, -0.2) is 0 Å². The van der Waals surface area contributed by atoms with Crippen LogP contribution in [-0.2, 0) is 9.59 Å². The second-order valence-corrected chi connectivity index (χ2v) is 3.87. The zero-order valence-corrected chi connectivity index (χ0v) is 8.71. The van der Waals surface area contributed by atoms with Gasteiger partial charge in [0.25, 0.3) is 0 Å². The number of amides is 1. The molecule has 0 aromatic heterocycles. The first-order valence-electron chi connectivity index (χ1n) is 4.24. The maximum absolute atomic E-state index is 12.1. The van der Waals surface area contributed by atoms with Crippen LogP contribution in [0.5, 0.6) is 0 Å². The summed E-state index contributed by atoms with van der Waals surface area (Å²) in [7, 11) is 0. The molecule has 0 unspecified atom stereocenters. The van der Waals surface area contributed by atoms with Gasteiger partial charge in [-0.3, -0.25) is 9.59 Å². The van der Waals surface area contributed by atoms with Gasteiger partial charge in [-0.15, -0.1) is 0 Å². The van der Waals surface area contributed by atoms with Crippen molar-refractivity contribution in [2.75, 3.05) is 13.1 Å². The molecule has 0 heterocycles. The first kappa shape index (κ1) is 14.7. The number of halogens is 3. The monoisotopic (exact) mass is 243 g/mol. The molecule has 16 heavy (non-hydrogen) atoms. The highest BCUT2D eigenvalue weighted by Crippen LogP contribution is 2.19. The number of carboxylic acid groups (broad SMARTS) is 1. The van der Waals surface area contributed by atoms with E-state index in [1.54, 1.807) is 0 Å². The van der Waals surface area contributed by atoms with Crippen LogP contribution in [0.3, 0.4) is 0 Å². The molecule has 0 bridgehead atoms.